The van der Waals surface area contributed by atoms with Gasteiger partial charge in [-0.3, -0.25) is 0 Å². The smallest absolute Gasteiger partial charge is 0.332 e. The summed E-state index contributed by atoms with van der Waals surface area (Å²) in [5, 5.41) is 7.40. The van der Waals surface area contributed by atoms with Crippen molar-refractivity contribution in [1.29, 1.82) is 0 Å². The summed E-state index contributed by atoms with van der Waals surface area (Å²) >= 11 is 0. The van der Waals surface area contributed by atoms with Crippen LogP contribution in [-0.2, 0) is 0 Å². The molecule has 3 aromatic heterocycles. The molecule has 0 atom stereocenters. The fourth-order valence-corrected chi connectivity index (χ4v) is 8.66. The molecule has 0 amide bonds. The van der Waals surface area contributed by atoms with Crippen LogP contribution in [0.4, 0.5) is 5.69 Å². The van der Waals surface area contributed by atoms with E-state index in [1.807, 2.05) is 12.1 Å². The fraction of sp³-hybridized carbons (Fsp3) is 0. The quantitative estimate of drug-likeness (QED) is 0.138. The summed E-state index contributed by atoms with van der Waals surface area (Å²) in [5.41, 5.74) is 12.6. The van der Waals surface area contributed by atoms with Crippen LogP contribution >= 0.6 is 0 Å². The molecule has 4 nitrogen and oxygen atoms in total. The average molecular weight is 609 g/mol. The number of nitrogens with zero attached hydrogens (tertiary/aromatic N) is 4. The van der Waals surface area contributed by atoms with Gasteiger partial charge in [-0.25, -0.2) is 4.85 Å². The Kier molecular flexibility index (Phi) is 4.96. The Morgan fingerprint density at radius 3 is 2.00 bits per heavy atom. The molecule has 1 aliphatic heterocycles. The molecular weight excluding hydrogens is 583 g/mol. The Labute approximate surface area is 276 Å². The molecule has 11 rings (SSSR count). The zero-order chi connectivity index (χ0) is 31.5. The van der Waals surface area contributed by atoms with Crippen molar-refractivity contribution >= 4 is 88.9 Å². The lowest BCUT2D eigenvalue weighted by atomic mass is 9.48. The van der Waals surface area contributed by atoms with Gasteiger partial charge in [0.15, 0.2) is 5.69 Å². The lowest BCUT2D eigenvalue weighted by Gasteiger charge is -2.28. The van der Waals surface area contributed by atoms with Crippen LogP contribution in [0.3, 0.4) is 0 Å². The van der Waals surface area contributed by atoms with Crippen molar-refractivity contribution in [2.24, 2.45) is 0 Å². The molecule has 10 aromatic rings. The van der Waals surface area contributed by atoms with Crippen molar-refractivity contribution in [2.75, 3.05) is 0 Å². The van der Waals surface area contributed by atoms with E-state index in [2.05, 4.69) is 158 Å². The van der Waals surface area contributed by atoms with Gasteiger partial charge in [0.2, 0.25) is 0 Å². The molecule has 4 heterocycles. The molecule has 1 aliphatic rings. The number of rotatable bonds is 2. The number of hydrogen-bond acceptors (Lipinski definition) is 0. The second kappa shape index (κ2) is 9.28. The molecule has 0 saturated heterocycles. The maximum absolute atomic E-state index is 7.75. The molecule has 48 heavy (non-hydrogen) atoms. The van der Waals surface area contributed by atoms with E-state index in [4.69, 9.17) is 6.57 Å². The molecule has 220 valence electrons. The molecule has 0 spiro atoms. The molecule has 0 N–H and O–H groups in total. The Hall–Kier alpha value is -6.51. The van der Waals surface area contributed by atoms with E-state index in [9.17, 15) is 0 Å². The molecule has 0 fully saturated rings. The molecule has 0 radical (unpaired) electrons. The van der Waals surface area contributed by atoms with Gasteiger partial charge in [0.1, 0.15) is 0 Å². The van der Waals surface area contributed by atoms with E-state index in [1.165, 1.54) is 70.8 Å². The monoisotopic (exact) mass is 608 g/mol. The third kappa shape index (κ3) is 3.14. The SMILES string of the molecule is [C-]#[N+]c1ccc2c3cccc4c3n(c2c1)-c1ccccc1B4n1c2ccccc2c2ccc3c(c4ccccc4n3-c3ccccc3)c21. The maximum Gasteiger partial charge on any atom is 0.332 e. The van der Waals surface area contributed by atoms with Crippen LogP contribution in [0.2, 0.25) is 0 Å². The second-order valence-corrected chi connectivity index (χ2v) is 12.8. The van der Waals surface area contributed by atoms with Gasteiger partial charge in [0, 0.05) is 60.2 Å². The van der Waals surface area contributed by atoms with E-state index in [-0.39, 0.29) is 6.85 Å². The van der Waals surface area contributed by atoms with Crippen LogP contribution in [-0.4, -0.2) is 20.5 Å². The first kappa shape index (κ1) is 25.7. The first-order chi connectivity index (χ1) is 23.8. The first-order valence-corrected chi connectivity index (χ1v) is 16.4. The third-order valence-corrected chi connectivity index (χ3v) is 10.5. The summed E-state index contributed by atoms with van der Waals surface area (Å²) in [6.07, 6.45) is 0. The lowest BCUT2D eigenvalue weighted by Crippen LogP contribution is -2.53. The Morgan fingerprint density at radius 2 is 1.12 bits per heavy atom. The van der Waals surface area contributed by atoms with E-state index >= 15 is 0 Å². The number of fused-ring (bicyclic) bond motifs is 12. The molecule has 0 bridgehead atoms. The minimum Gasteiger partial charge on any atom is -0.375 e. The second-order valence-electron chi connectivity index (χ2n) is 12.8. The number of hydrogen-bond donors (Lipinski definition) is 0. The number of para-hydroxylation sites is 5. The van der Waals surface area contributed by atoms with Crippen molar-refractivity contribution < 1.29 is 0 Å². The van der Waals surface area contributed by atoms with Gasteiger partial charge in [-0.1, -0.05) is 109 Å². The van der Waals surface area contributed by atoms with Crippen LogP contribution in [0.25, 0.3) is 81.6 Å². The maximum atomic E-state index is 7.75. The summed E-state index contributed by atoms with van der Waals surface area (Å²) < 4.78 is 7.42. The topological polar surface area (TPSA) is 19.1 Å². The predicted octanol–water partition coefficient (Wildman–Crippen LogP) is 9.51. The summed E-state index contributed by atoms with van der Waals surface area (Å²) in [7, 11) is 0. The first-order valence-electron chi connectivity index (χ1n) is 16.4. The average Bonchev–Trinajstić information content (AvgIpc) is 3.78. The van der Waals surface area contributed by atoms with Gasteiger partial charge in [-0.15, -0.1) is 0 Å². The summed E-state index contributed by atoms with van der Waals surface area (Å²) in [4.78, 5) is 3.79. The van der Waals surface area contributed by atoms with Crippen LogP contribution in [0.1, 0.15) is 0 Å². The van der Waals surface area contributed by atoms with Crippen molar-refractivity contribution in [3.05, 3.63) is 163 Å². The van der Waals surface area contributed by atoms with Crippen molar-refractivity contribution in [3.8, 4) is 11.4 Å². The van der Waals surface area contributed by atoms with Crippen molar-refractivity contribution in [1.82, 2.24) is 13.6 Å². The zero-order valence-electron chi connectivity index (χ0n) is 25.8. The fourth-order valence-electron chi connectivity index (χ4n) is 8.66. The Bertz CT molecular complexity index is 3030. The molecule has 5 heteroatoms. The lowest BCUT2D eigenvalue weighted by molar-refractivity contribution is 1.18. The number of aromatic nitrogens is 3. The van der Waals surface area contributed by atoms with Gasteiger partial charge in [-0.05, 0) is 53.4 Å². The predicted molar refractivity (Wildman–Crippen MR) is 201 cm³/mol. The van der Waals surface area contributed by atoms with Crippen LogP contribution in [0.15, 0.2) is 152 Å². The third-order valence-electron chi connectivity index (χ3n) is 10.5. The molecule has 0 aliphatic carbocycles. The highest BCUT2D eigenvalue weighted by atomic mass is 15.0. The normalized spacial score (nSPS) is 12.5. The van der Waals surface area contributed by atoms with Gasteiger partial charge >= 0.3 is 6.85 Å². The summed E-state index contributed by atoms with van der Waals surface area (Å²) in [6.45, 7) is 7.68. The number of benzene rings is 7. The van der Waals surface area contributed by atoms with Crippen LogP contribution < -0.4 is 10.9 Å². The Morgan fingerprint density at radius 1 is 0.458 bits per heavy atom. The molecule has 7 aromatic carbocycles. The Balaban J connectivity index is 1.36. The highest BCUT2D eigenvalue weighted by molar-refractivity contribution is 6.88. The van der Waals surface area contributed by atoms with Crippen molar-refractivity contribution in [3.63, 3.8) is 0 Å². The molecular formula is C43H25BN4. The minimum absolute atomic E-state index is 0.0751. The van der Waals surface area contributed by atoms with E-state index in [1.54, 1.807) is 0 Å². The standard InChI is InChI=1S/C43H25BN4/c1-45-27-22-23-30-31-16-11-18-35-42(31)47(40(30)26-27)38-21-10-7-17-34(38)44(35)48-37-20-9-5-14-29(37)32-24-25-39-41(43(32)48)33-15-6-8-19-36(33)46(39)28-12-3-2-4-13-28/h2-26H. The van der Waals surface area contributed by atoms with E-state index < -0.39 is 0 Å². The molecule has 0 saturated carbocycles. The highest BCUT2D eigenvalue weighted by Gasteiger charge is 2.36. The van der Waals surface area contributed by atoms with Gasteiger partial charge < -0.3 is 13.6 Å². The summed E-state index contributed by atoms with van der Waals surface area (Å²) in [6, 6.07) is 54.7. The largest absolute Gasteiger partial charge is 0.375 e. The van der Waals surface area contributed by atoms with E-state index in [0.29, 0.717) is 5.69 Å². The van der Waals surface area contributed by atoms with Crippen LogP contribution in [0.5, 0.6) is 0 Å². The zero-order valence-corrected chi connectivity index (χ0v) is 25.8. The van der Waals surface area contributed by atoms with Gasteiger partial charge in [0.25, 0.3) is 0 Å². The summed E-state index contributed by atoms with van der Waals surface area (Å²) in [5.74, 6) is 0. The van der Waals surface area contributed by atoms with E-state index in [0.717, 1.165) is 16.9 Å². The van der Waals surface area contributed by atoms with Crippen molar-refractivity contribution in [2.45, 2.75) is 0 Å². The molecule has 0 unspecified atom stereocenters. The highest BCUT2D eigenvalue weighted by Crippen LogP contribution is 2.42. The van der Waals surface area contributed by atoms with Gasteiger partial charge in [0.05, 0.1) is 23.1 Å². The van der Waals surface area contributed by atoms with Gasteiger partial charge in [-0.2, -0.15) is 0 Å². The minimum atomic E-state index is -0.0751. The van der Waals surface area contributed by atoms with Crippen LogP contribution in [0, 0.1) is 6.57 Å².